The van der Waals surface area contributed by atoms with Crippen LogP contribution in [0.25, 0.3) is 0 Å². The second-order valence-electron chi connectivity index (χ2n) is 23.0. The second kappa shape index (κ2) is 19.8. The molecule has 0 aromatic rings. The lowest BCUT2D eigenvalue weighted by Crippen LogP contribution is -2.65. The summed E-state index contributed by atoms with van der Waals surface area (Å²) in [6.07, 6.45) is -17.3. The molecule has 67 heavy (non-hydrogen) atoms. The first kappa shape index (κ1) is 53.8. The predicted octanol–water partition coefficient (Wildman–Crippen LogP) is -1.06. The summed E-state index contributed by atoms with van der Waals surface area (Å²) in [5, 5.41) is 139. The molecule has 0 aromatic carbocycles. The Morgan fingerprint density at radius 1 is 0.657 bits per heavy atom. The van der Waals surface area contributed by atoms with E-state index in [2.05, 4.69) is 47.6 Å². The molecule has 388 valence electrons. The number of allylic oxidation sites excluding steroid dienone is 1. The van der Waals surface area contributed by atoms with Gasteiger partial charge < -0.3 is 94.8 Å². The lowest BCUT2D eigenvalue weighted by atomic mass is 9.38. The molecular formula is C48H82O19. The van der Waals surface area contributed by atoms with Crippen molar-refractivity contribution in [3.63, 3.8) is 0 Å². The number of hydrogen-bond donors (Lipinski definition) is 13. The van der Waals surface area contributed by atoms with Gasteiger partial charge in [-0.1, -0.05) is 53.2 Å². The van der Waals surface area contributed by atoms with Crippen molar-refractivity contribution in [3.05, 3.63) is 11.6 Å². The summed E-state index contributed by atoms with van der Waals surface area (Å²) < 4.78 is 35.9. The molecule has 19 heteroatoms. The van der Waals surface area contributed by atoms with Gasteiger partial charge in [0.05, 0.1) is 43.7 Å². The van der Waals surface area contributed by atoms with Crippen LogP contribution in [-0.2, 0) is 28.4 Å². The zero-order valence-electron chi connectivity index (χ0n) is 40.3. The van der Waals surface area contributed by atoms with Gasteiger partial charge in [0.1, 0.15) is 73.2 Å². The quantitative estimate of drug-likeness (QED) is 0.0924. The van der Waals surface area contributed by atoms with E-state index in [1.165, 1.54) is 5.57 Å². The van der Waals surface area contributed by atoms with Crippen LogP contribution in [0.1, 0.15) is 107 Å². The van der Waals surface area contributed by atoms with Gasteiger partial charge in [-0.3, -0.25) is 0 Å². The third kappa shape index (κ3) is 9.13. The number of aliphatic hydroxyl groups excluding tert-OH is 12. The Labute approximate surface area is 393 Å². The summed E-state index contributed by atoms with van der Waals surface area (Å²) in [7, 11) is 0. The highest BCUT2D eigenvalue weighted by Gasteiger charge is 2.70. The standard InChI is InChI=1S/C48H82O19/c1-21(9-13-31(45(4,5)61)66-43-40(37(58)34(55)27(20-51)64-43)67-42-39(60)36(57)33(54)26(19-50)63-42)22-15-16-46(6)28-12-10-23-24(48(28,8)29(52)17-47(22,46)7)11-14-30(44(23,2)3)65-41-38(59)35(56)32(53)25(18-49)62-41/h10,21-22,24-43,49-61H,9,11-20H2,1-8H3/t21-,22-,24-,25+,26+,27-,28-,29+,30-,31+,32+,33+,34-,35-,36+,37+,38-,39-,40-,41-,42-,43+,46-,47+,48-/m0/s1. The predicted molar refractivity (Wildman–Crippen MR) is 235 cm³/mol. The van der Waals surface area contributed by atoms with Crippen LogP contribution in [0.4, 0.5) is 0 Å². The van der Waals surface area contributed by atoms with Crippen molar-refractivity contribution in [2.24, 2.45) is 45.3 Å². The zero-order valence-corrected chi connectivity index (χ0v) is 40.3. The van der Waals surface area contributed by atoms with Crippen LogP contribution >= 0.6 is 0 Å². The fourth-order valence-electron chi connectivity index (χ4n) is 14.2. The normalized spacial score (nSPS) is 51.0. The number of rotatable bonds is 14. The van der Waals surface area contributed by atoms with E-state index in [0.717, 1.165) is 25.7 Å². The third-order valence-electron chi connectivity index (χ3n) is 18.7. The minimum atomic E-state index is -1.83. The van der Waals surface area contributed by atoms with Crippen LogP contribution in [0, 0.1) is 45.3 Å². The Bertz CT molecular complexity index is 1710. The van der Waals surface area contributed by atoms with Crippen molar-refractivity contribution in [3.8, 4) is 0 Å². The Balaban J connectivity index is 1.06. The summed E-state index contributed by atoms with van der Waals surface area (Å²) in [5.74, 6) is 0.476. The van der Waals surface area contributed by atoms with Gasteiger partial charge in [-0.05, 0) is 99.7 Å². The molecule has 0 aromatic heterocycles. The SMILES string of the molecule is C[C@@H](CC[C@@H](O[C@H]1O[C@@H](CO)[C@H](O)[C@@H](O)[C@@H]1O[C@@H]1O[C@H](CO)[C@@H](O)[C@@H](O)[C@@H]1O)C(C)(C)O)[C@@H]1CC[C@@]2(C)[C@@H]3CC=C4[C@H](CC[C@H](O[C@@H]5O[C@H](CO)[C@@H](O)[C@H](O)[C@@H]5O)C4(C)C)[C@]3(C)[C@H](O)C[C@]12C. The molecule has 0 spiro atoms. The molecule has 19 nitrogen and oxygen atoms in total. The topological polar surface area (TPSA) is 318 Å². The molecule has 3 saturated carbocycles. The molecule has 0 unspecified atom stereocenters. The first-order chi connectivity index (χ1) is 31.2. The fraction of sp³-hybridized carbons (Fsp3) is 0.958. The van der Waals surface area contributed by atoms with Gasteiger partial charge in [0.25, 0.3) is 0 Å². The van der Waals surface area contributed by atoms with Gasteiger partial charge >= 0.3 is 0 Å². The van der Waals surface area contributed by atoms with Gasteiger partial charge in [-0.25, -0.2) is 0 Å². The van der Waals surface area contributed by atoms with Gasteiger partial charge in [0, 0.05) is 10.8 Å². The Hall–Kier alpha value is -1.02. The Kier molecular flexibility index (Phi) is 15.9. The van der Waals surface area contributed by atoms with Crippen LogP contribution in [0.2, 0.25) is 0 Å². The van der Waals surface area contributed by atoms with E-state index >= 15 is 0 Å². The van der Waals surface area contributed by atoms with E-state index in [0.29, 0.717) is 25.7 Å². The lowest BCUT2D eigenvalue weighted by Gasteiger charge is -2.67. The van der Waals surface area contributed by atoms with E-state index in [1.54, 1.807) is 13.8 Å². The van der Waals surface area contributed by atoms with Gasteiger partial charge in [0.15, 0.2) is 18.9 Å². The van der Waals surface area contributed by atoms with Crippen LogP contribution in [0.3, 0.4) is 0 Å². The molecule has 3 heterocycles. The molecule has 0 amide bonds. The molecule has 6 fully saturated rings. The average Bonchev–Trinajstić information content (AvgIpc) is 3.54. The third-order valence-corrected chi connectivity index (χ3v) is 18.7. The maximum absolute atomic E-state index is 12.6. The van der Waals surface area contributed by atoms with E-state index in [4.69, 9.17) is 28.4 Å². The minimum Gasteiger partial charge on any atom is -0.394 e. The van der Waals surface area contributed by atoms with Gasteiger partial charge in [-0.15, -0.1) is 0 Å². The summed E-state index contributed by atoms with van der Waals surface area (Å²) >= 11 is 0. The van der Waals surface area contributed by atoms with E-state index in [-0.39, 0.29) is 34.5 Å². The maximum atomic E-state index is 12.6. The van der Waals surface area contributed by atoms with Crippen molar-refractivity contribution < 1.29 is 94.8 Å². The molecule has 25 atom stereocenters. The average molecular weight is 963 g/mol. The van der Waals surface area contributed by atoms with Crippen LogP contribution < -0.4 is 0 Å². The molecule has 7 rings (SSSR count). The summed E-state index contributed by atoms with van der Waals surface area (Å²) in [6.45, 7) is 14.5. The Morgan fingerprint density at radius 2 is 1.18 bits per heavy atom. The number of fused-ring (bicyclic) bond motifs is 5. The summed E-state index contributed by atoms with van der Waals surface area (Å²) in [6, 6.07) is 0. The van der Waals surface area contributed by atoms with E-state index < -0.39 is 147 Å². The second-order valence-corrected chi connectivity index (χ2v) is 23.0. The maximum Gasteiger partial charge on any atom is 0.187 e. The monoisotopic (exact) mass is 963 g/mol. The van der Waals surface area contributed by atoms with Crippen LogP contribution in [-0.4, -0.2) is 202 Å². The Morgan fingerprint density at radius 3 is 1.72 bits per heavy atom. The van der Waals surface area contributed by atoms with Crippen molar-refractivity contribution in [2.45, 2.75) is 223 Å². The molecule has 3 saturated heterocycles. The zero-order chi connectivity index (χ0) is 49.5. The van der Waals surface area contributed by atoms with Gasteiger partial charge in [0.2, 0.25) is 0 Å². The van der Waals surface area contributed by atoms with E-state index in [1.807, 2.05) is 0 Å². The number of ether oxygens (including phenoxy) is 6. The van der Waals surface area contributed by atoms with Crippen molar-refractivity contribution in [2.75, 3.05) is 19.8 Å². The van der Waals surface area contributed by atoms with Crippen molar-refractivity contribution in [1.82, 2.24) is 0 Å². The first-order valence-corrected chi connectivity index (χ1v) is 24.5. The number of hydrogen-bond acceptors (Lipinski definition) is 19. The highest BCUT2D eigenvalue weighted by atomic mass is 16.8. The molecule has 4 aliphatic carbocycles. The van der Waals surface area contributed by atoms with Gasteiger partial charge in [-0.2, -0.15) is 0 Å². The molecule has 7 aliphatic rings. The van der Waals surface area contributed by atoms with Crippen LogP contribution in [0.5, 0.6) is 0 Å². The summed E-state index contributed by atoms with van der Waals surface area (Å²) in [5.41, 5.74) is -1.70. The number of aliphatic hydroxyl groups is 13. The van der Waals surface area contributed by atoms with Crippen LogP contribution in [0.15, 0.2) is 11.6 Å². The molecule has 0 radical (unpaired) electrons. The fourth-order valence-corrected chi connectivity index (χ4v) is 14.2. The molecule has 0 bridgehead atoms. The smallest absolute Gasteiger partial charge is 0.187 e. The first-order valence-electron chi connectivity index (χ1n) is 24.5. The summed E-state index contributed by atoms with van der Waals surface area (Å²) in [4.78, 5) is 0. The van der Waals surface area contributed by atoms with E-state index in [9.17, 15) is 66.4 Å². The minimum absolute atomic E-state index is 0.0500. The highest BCUT2D eigenvalue weighted by molar-refractivity contribution is 5.32. The molecule has 13 N–H and O–H groups in total. The lowest BCUT2D eigenvalue weighted by molar-refractivity contribution is -0.375. The van der Waals surface area contributed by atoms with Crippen molar-refractivity contribution >= 4 is 0 Å². The molecular weight excluding hydrogens is 881 g/mol. The highest BCUT2D eigenvalue weighted by Crippen LogP contribution is 2.75. The largest absolute Gasteiger partial charge is 0.394 e. The van der Waals surface area contributed by atoms with Crippen molar-refractivity contribution in [1.29, 1.82) is 0 Å². The molecule has 3 aliphatic heterocycles.